The third kappa shape index (κ3) is 3.58. The van der Waals surface area contributed by atoms with Crippen LogP contribution in [0.4, 0.5) is 0 Å². The van der Waals surface area contributed by atoms with Crippen molar-refractivity contribution in [3.05, 3.63) is 29.6 Å². The van der Waals surface area contributed by atoms with Gasteiger partial charge in [-0.1, -0.05) is 11.8 Å². The van der Waals surface area contributed by atoms with Gasteiger partial charge in [0.15, 0.2) is 0 Å². The van der Waals surface area contributed by atoms with Crippen molar-refractivity contribution in [2.75, 3.05) is 13.7 Å². The minimum Gasteiger partial charge on any atom is -0.384 e. The average Bonchev–Trinajstić information content (AvgIpc) is 2.35. The molecular weight excluding hydrogens is 216 g/mol. The van der Waals surface area contributed by atoms with E-state index in [1.54, 1.807) is 24.1 Å². The zero-order valence-corrected chi connectivity index (χ0v) is 10.3. The topological polar surface area (TPSA) is 53.4 Å². The van der Waals surface area contributed by atoms with Crippen molar-refractivity contribution in [2.24, 2.45) is 0 Å². The molecule has 1 aromatic rings. The first-order chi connectivity index (χ1) is 8.06. The lowest BCUT2D eigenvalue weighted by Crippen LogP contribution is -2.33. The van der Waals surface area contributed by atoms with Crippen molar-refractivity contribution in [1.82, 2.24) is 9.88 Å². The average molecular weight is 232 g/mol. The molecule has 1 heterocycles. The minimum atomic E-state index is -0.184. The molecule has 0 aliphatic carbocycles. The summed E-state index contributed by atoms with van der Waals surface area (Å²) in [6, 6.07) is 3.50. The van der Waals surface area contributed by atoms with Crippen molar-refractivity contribution in [1.29, 1.82) is 0 Å². The van der Waals surface area contributed by atoms with E-state index in [1.807, 2.05) is 13.8 Å². The highest BCUT2D eigenvalue weighted by atomic mass is 16.2. The van der Waals surface area contributed by atoms with Crippen LogP contribution in [0.1, 0.15) is 29.9 Å². The second-order valence-electron chi connectivity index (χ2n) is 3.90. The third-order valence-electron chi connectivity index (χ3n) is 2.39. The Labute approximate surface area is 101 Å². The highest BCUT2D eigenvalue weighted by Crippen LogP contribution is 2.05. The summed E-state index contributed by atoms with van der Waals surface area (Å²) < 4.78 is 0. The Hall–Kier alpha value is -1.86. The van der Waals surface area contributed by atoms with Crippen LogP contribution < -0.4 is 0 Å². The van der Waals surface area contributed by atoms with Crippen LogP contribution >= 0.6 is 0 Å². The lowest BCUT2D eigenvalue weighted by atomic mass is 10.2. The van der Waals surface area contributed by atoms with E-state index >= 15 is 0 Å². The molecule has 0 radical (unpaired) electrons. The number of carbonyl (C=O) groups is 1. The van der Waals surface area contributed by atoms with Crippen LogP contribution in [0.15, 0.2) is 18.3 Å². The predicted molar refractivity (Wildman–Crippen MR) is 65.4 cm³/mol. The Bertz CT molecular complexity index is 441. The van der Waals surface area contributed by atoms with Crippen molar-refractivity contribution >= 4 is 5.91 Å². The molecule has 0 unspecified atom stereocenters. The highest BCUT2D eigenvalue weighted by molar-refractivity contribution is 5.92. The molecule has 1 N–H and O–H groups in total. The summed E-state index contributed by atoms with van der Waals surface area (Å²) in [4.78, 5) is 17.6. The minimum absolute atomic E-state index is 0.110. The van der Waals surface area contributed by atoms with E-state index in [0.717, 1.165) is 0 Å². The number of aliphatic hydroxyl groups is 1. The summed E-state index contributed by atoms with van der Waals surface area (Å²) in [5.41, 5.74) is 1.08. The molecule has 0 aliphatic heterocycles. The van der Waals surface area contributed by atoms with Crippen LogP contribution in [-0.4, -0.2) is 40.6 Å². The van der Waals surface area contributed by atoms with Gasteiger partial charge in [-0.15, -0.1) is 0 Å². The number of pyridine rings is 1. The summed E-state index contributed by atoms with van der Waals surface area (Å²) in [6.45, 7) is 3.70. The summed E-state index contributed by atoms with van der Waals surface area (Å²) in [7, 11) is 1.74. The summed E-state index contributed by atoms with van der Waals surface area (Å²) in [6.07, 6.45) is 1.53. The van der Waals surface area contributed by atoms with Gasteiger partial charge in [-0.05, 0) is 26.0 Å². The molecule has 0 bridgehead atoms. The molecule has 1 amide bonds. The first-order valence-electron chi connectivity index (χ1n) is 5.39. The first kappa shape index (κ1) is 13.2. The lowest BCUT2D eigenvalue weighted by molar-refractivity contribution is 0.0749. The van der Waals surface area contributed by atoms with E-state index in [2.05, 4.69) is 16.8 Å². The van der Waals surface area contributed by atoms with E-state index in [0.29, 0.717) is 11.3 Å². The maximum absolute atomic E-state index is 11.9. The van der Waals surface area contributed by atoms with Gasteiger partial charge < -0.3 is 10.0 Å². The molecule has 1 aromatic heterocycles. The molecule has 0 aromatic carbocycles. The predicted octanol–water partition coefficient (Wildman–Crippen LogP) is 0.906. The van der Waals surface area contributed by atoms with Gasteiger partial charge in [0, 0.05) is 24.8 Å². The Kier molecular flexibility index (Phi) is 4.68. The van der Waals surface area contributed by atoms with Gasteiger partial charge in [0.2, 0.25) is 0 Å². The Morgan fingerprint density at radius 3 is 2.71 bits per heavy atom. The fraction of sp³-hybridized carbons (Fsp3) is 0.385. The van der Waals surface area contributed by atoms with Crippen molar-refractivity contribution < 1.29 is 9.90 Å². The van der Waals surface area contributed by atoms with E-state index in [1.165, 1.54) is 6.20 Å². The monoisotopic (exact) mass is 232 g/mol. The lowest BCUT2D eigenvalue weighted by Gasteiger charge is -2.20. The number of nitrogens with zero attached hydrogens (tertiary/aromatic N) is 2. The SMILES string of the molecule is CC(C)N(C)C(=O)c1ccc(C#CCO)cn1. The van der Waals surface area contributed by atoms with Gasteiger partial charge in [0.1, 0.15) is 12.3 Å². The van der Waals surface area contributed by atoms with Gasteiger partial charge in [-0.25, -0.2) is 4.98 Å². The second-order valence-corrected chi connectivity index (χ2v) is 3.90. The number of aromatic nitrogens is 1. The Balaban J connectivity index is 2.84. The molecule has 4 heteroatoms. The van der Waals surface area contributed by atoms with E-state index in [9.17, 15) is 4.79 Å². The van der Waals surface area contributed by atoms with Crippen LogP contribution in [0.3, 0.4) is 0 Å². The van der Waals surface area contributed by atoms with Gasteiger partial charge in [0.05, 0.1) is 0 Å². The zero-order chi connectivity index (χ0) is 12.8. The molecule has 17 heavy (non-hydrogen) atoms. The molecule has 0 saturated carbocycles. The summed E-state index contributed by atoms with van der Waals surface area (Å²) in [5.74, 6) is 5.14. The number of aliphatic hydroxyl groups excluding tert-OH is 1. The molecule has 4 nitrogen and oxygen atoms in total. The standard InChI is InChI=1S/C13H16N2O2/c1-10(2)15(3)13(17)12-7-6-11(9-14-12)5-4-8-16/h6-7,9-10,16H,8H2,1-3H3. The maximum Gasteiger partial charge on any atom is 0.272 e. The first-order valence-corrected chi connectivity index (χ1v) is 5.39. The second kappa shape index (κ2) is 6.02. The van der Waals surface area contributed by atoms with Gasteiger partial charge in [-0.3, -0.25) is 4.79 Å². The van der Waals surface area contributed by atoms with Crippen LogP contribution in [0.5, 0.6) is 0 Å². The molecule has 90 valence electrons. The van der Waals surface area contributed by atoms with E-state index in [4.69, 9.17) is 5.11 Å². The van der Waals surface area contributed by atoms with Crippen molar-refractivity contribution in [3.8, 4) is 11.8 Å². The highest BCUT2D eigenvalue weighted by Gasteiger charge is 2.14. The smallest absolute Gasteiger partial charge is 0.272 e. The molecule has 0 fully saturated rings. The van der Waals surface area contributed by atoms with Crippen molar-refractivity contribution in [3.63, 3.8) is 0 Å². The number of carbonyl (C=O) groups excluding carboxylic acids is 1. The Morgan fingerprint density at radius 2 is 2.24 bits per heavy atom. The van der Waals surface area contributed by atoms with Crippen LogP contribution in [0.25, 0.3) is 0 Å². The normalized spacial score (nSPS) is 9.71. The van der Waals surface area contributed by atoms with Crippen LogP contribution in [-0.2, 0) is 0 Å². The summed E-state index contributed by atoms with van der Waals surface area (Å²) >= 11 is 0. The molecule has 0 aliphatic rings. The number of hydrogen-bond donors (Lipinski definition) is 1. The zero-order valence-electron chi connectivity index (χ0n) is 10.3. The molecule has 0 spiro atoms. The maximum atomic E-state index is 11.9. The number of rotatable bonds is 2. The quantitative estimate of drug-likeness (QED) is 0.771. The van der Waals surface area contributed by atoms with Gasteiger partial charge in [0.25, 0.3) is 5.91 Å². The van der Waals surface area contributed by atoms with E-state index in [-0.39, 0.29) is 18.6 Å². The molecule has 0 atom stereocenters. The number of amides is 1. The molecular formula is C13H16N2O2. The van der Waals surface area contributed by atoms with Crippen molar-refractivity contribution in [2.45, 2.75) is 19.9 Å². The fourth-order valence-electron chi connectivity index (χ4n) is 1.15. The Morgan fingerprint density at radius 1 is 1.53 bits per heavy atom. The summed E-state index contributed by atoms with van der Waals surface area (Å²) in [5, 5.41) is 8.55. The van der Waals surface area contributed by atoms with Gasteiger partial charge >= 0.3 is 0 Å². The third-order valence-corrected chi connectivity index (χ3v) is 2.39. The molecule has 1 rings (SSSR count). The van der Waals surface area contributed by atoms with E-state index < -0.39 is 0 Å². The largest absolute Gasteiger partial charge is 0.384 e. The number of hydrogen-bond acceptors (Lipinski definition) is 3. The fourth-order valence-corrected chi connectivity index (χ4v) is 1.15. The van der Waals surface area contributed by atoms with Gasteiger partial charge in [-0.2, -0.15) is 0 Å². The van der Waals surface area contributed by atoms with Crippen LogP contribution in [0, 0.1) is 11.8 Å². The van der Waals surface area contributed by atoms with Crippen LogP contribution in [0.2, 0.25) is 0 Å². The molecule has 0 saturated heterocycles.